The van der Waals surface area contributed by atoms with Crippen molar-refractivity contribution in [1.29, 1.82) is 0 Å². The van der Waals surface area contributed by atoms with E-state index < -0.39 is 6.09 Å². The molecule has 0 spiro atoms. The number of hydrogen-bond acceptors (Lipinski definition) is 3. The van der Waals surface area contributed by atoms with Gasteiger partial charge in [0.15, 0.2) is 5.78 Å². The number of rotatable bonds is 3. The molecule has 3 rings (SSSR count). The highest BCUT2D eigenvalue weighted by molar-refractivity contribution is 6.07. The second kappa shape index (κ2) is 5.85. The third-order valence-electron chi connectivity index (χ3n) is 3.49. The molecule has 4 nitrogen and oxygen atoms in total. The lowest BCUT2D eigenvalue weighted by Crippen LogP contribution is -2.13. The molecule has 2 aromatic carbocycles. The Hall–Kier alpha value is -2.88. The highest BCUT2D eigenvalue weighted by atomic mass is 16.5. The predicted octanol–water partition coefficient (Wildman–Crippen LogP) is 4.03. The Kier molecular flexibility index (Phi) is 3.74. The van der Waals surface area contributed by atoms with E-state index >= 15 is 0 Å². The molecule has 0 atom stereocenters. The number of ketones is 1. The van der Waals surface area contributed by atoms with Crippen LogP contribution in [0.3, 0.4) is 0 Å². The maximum atomic E-state index is 12.3. The molecule has 4 heteroatoms. The largest absolute Gasteiger partial charge is 0.444 e. The number of benzene rings is 2. The summed E-state index contributed by atoms with van der Waals surface area (Å²) in [6.07, 6.45) is 1.14. The number of fused-ring (bicyclic) bond motifs is 1. The highest BCUT2D eigenvalue weighted by Gasteiger charge is 2.15. The summed E-state index contributed by atoms with van der Waals surface area (Å²) in [6.45, 7) is 1.68. The van der Waals surface area contributed by atoms with Crippen molar-refractivity contribution in [3.05, 3.63) is 71.9 Å². The van der Waals surface area contributed by atoms with Gasteiger partial charge in [-0.1, -0.05) is 42.5 Å². The summed E-state index contributed by atoms with van der Waals surface area (Å²) >= 11 is 0. The summed E-state index contributed by atoms with van der Waals surface area (Å²) in [5.41, 5.74) is 2.02. The topological polar surface area (TPSA) is 48.3 Å². The van der Waals surface area contributed by atoms with E-state index in [0.29, 0.717) is 11.1 Å². The Morgan fingerprint density at radius 2 is 1.77 bits per heavy atom. The molecule has 1 aromatic heterocycles. The van der Waals surface area contributed by atoms with E-state index in [0.717, 1.165) is 10.9 Å². The minimum Gasteiger partial charge on any atom is -0.444 e. The zero-order chi connectivity index (χ0) is 15.5. The maximum absolute atomic E-state index is 12.3. The van der Waals surface area contributed by atoms with Crippen LogP contribution in [-0.2, 0) is 11.3 Å². The fourth-order valence-corrected chi connectivity index (χ4v) is 2.42. The number of aromatic nitrogens is 1. The van der Waals surface area contributed by atoms with Crippen LogP contribution in [0.1, 0.15) is 22.8 Å². The first kappa shape index (κ1) is 14.1. The SMILES string of the molecule is CC(=O)c1cccc2ccn(C(=O)OCc3ccccc3)c12. The molecule has 3 aromatic rings. The number of carbonyl (C=O) groups excluding carboxylic acids is 2. The maximum Gasteiger partial charge on any atom is 0.418 e. The first-order chi connectivity index (χ1) is 10.7. The lowest BCUT2D eigenvalue weighted by atomic mass is 10.1. The summed E-state index contributed by atoms with van der Waals surface area (Å²) in [5, 5.41) is 0.837. The van der Waals surface area contributed by atoms with Crippen molar-refractivity contribution in [2.45, 2.75) is 13.5 Å². The molecule has 0 aliphatic carbocycles. The van der Waals surface area contributed by atoms with E-state index in [4.69, 9.17) is 4.74 Å². The smallest absolute Gasteiger partial charge is 0.418 e. The Morgan fingerprint density at radius 3 is 2.50 bits per heavy atom. The standard InChI is InChI=1S/C18H15NO3/c1-13(20)16-9-5-8-15-10-11-19(17(15)16)18(21)22-12-14-6-3-2-4-7-14/h2-11H,12H2,1H3. The van der Waals surface area contributed by atoms with E-state index in [1.165, 1.54) is 11.5 Å². The predicted molar refractivity (Wildman–Crippen MR) is 84.0 cm³/mol. The van der Waals surface area contributed by atoms with E-state index in [1.807, 2.05) is 36.4 Å². The van der Waals surface area contributed by atoms with Crippen LogP contribution in [0.15, 0.2) is 60.8 Å². The van der Waals surface area contributed by atoms with Crippen LogP contribution in [-0.4, -0.2) is 16.4 Å². The van der Waals surface area contributed by atoms with Gasteiger partial charge in [-0.05, 0) is 24.6 Å². The van der Waals surface area contributed by atoms with E-state index in [2.05, 4.69) is 0 Å². The van der Waals surface area contributed by atoms with Gasteiger partial charge in [0.05, 0.1) is 5.52 Å². The van der Waals surface area contributed by atoms with Gasteiger partial charge in [0.2, 0.25) is 0 Å². The minimum atomic E-state index is -0.493. The van der Waals surface area contributed by atoms with Gasteiger partial charge in [0.1, 0.15) is 6.61 Å². The number of ether oxygens (including phenoxy) is 1. The van der Waals surface area contributed by atoms with E-state index in [1.54, 1.807) is 24.4 Å². The number of nitrogens with zero attached hydrogens (tertiary/aromatic N) is 1. The quantitative estimate of drug-likeness (QED) is 0.685. The Morgan fingerprint density at radius 1 is 1.00 bits per heavy atom. The lowest BCUT2D eigenvalue weighted by Gasteiger charge is -2.08. The van der Waals surface area contributed by atoms with Crippen molar-refractivity contribution in [2.75, 3.05) is 0 Å². The monoisotopic (exact) mass is 293 g/mol. The lowest BCUT2D eigenvalue weighted by molar-refractivity contribution is 0.101. The van der Waals surface area contributed by atoms with Gasteiger partial charge in [-0.2, -0.15) is 0 Å². The van der Waals surface area contributed by atoms with Crippen LogP contribution >= 0.6 is 0 Å². The molecule has 22 heavy (non-hydrogen) atoms. The molecule has 0 fully saturated rings. The number of Topliss-reactive ketones (excluding diaryl/α,β-unsaturated/α-hetero) is 1. The zero-order valence-electron chi connectivity index (χ0n) is 12.2. The Bertz CT molecular complexity index is 834. The molecular formula is C18H15NO3. The second-order valence-electron chi connectivity index (χ2n) is 5.03. The van der Waals surface area contributed by atoms with Gasteiger partial charge in [0, 0.05) is 17.1 Å². The third-order valence-corrected chi connectivity index (χ3v) is 3.49. The van der Waals surface area contributed by atoms with Gasteiger partial charge in [-0.15, -0.1) is 0 Å². The third kappa shape index (κ3) is 2.63. The minimum absolute atomic E-state index is 0.0820. The normalized spacial score (nSPS) is 10.6. The average Bonchev–Trinajstić information content (AvgIpc) is 2.97. The Balaban J connectivity index is 1.90. The molecule has 0 saturated carbocycles. The molecule has 0 aliphatic rings. The van der Waals surface area contributed by atoms with Gasteiger partial charge in [0.25, 0.3) is 0 Å². The zero-order valence-corrected chi connectivity index (χ0v) is 12.2. The Labute approximate surface area is 127 Å². The van der Waals surface area contributed by atoms with Crippen molar-refractivity contribution in [3.8, 4) is 0 Å². The van der Waals surface area contributed by atoms with Gasteiger partial charge >= 0.3 is 6.09 Å². The van der Waals surface area contributed by atoms with Crippen LogP contribution in [0.5, 0.6) is 0 Å². The average molecular weight is 293 g/mol. The summed E-state index contributed by atoms with van der Waals surface area (Å²) in [7, 11) is 0. The van der Waals surface area contributed by atoms with Crippen molar-refractivity contribution in [1.82, 2.24) is 4.57 Å². The summed E-state index contributed by atoms with van der Waals surface area (Å²) in [4.78, 5) is 24.0. The molecule has 0 saturated heterocycles. The number of hydrogen-bond donors (Lipinski definition) is 0. The summed E-state index contributed by atoms with van der Waals surface area (Å²) < 4.78 is 6.71. The summed E-state index contributed by atoms with van der Waals surface area (Å²) in [5.74, 6) is -0.0820. The van der Waals surface area contributed by atoms with Crippen LogP contribution in [0, 0.1) is 0 Å². The van der Waals surface area contributed by atoms with Gasteiger partial charge < -0.3 is 4.74 Å². The molecule has 0 unspecified atom stereocenters. The van der Waals surface area contributed by atoms with Crippen LogP contribution in [0.2, 0.25) is 0 Å². The van der Waals surface area contributed by atoms with E-state index in [-0.39, 0.29) is 12.4 Å². The van der Waals surface area contributed by atoms with Crippen LogP contribution < -0.4 is 0 Å². The van der Waals surface area contributed by atoms with Crippen LogP contribution in [0.4, 0.5) is 4.79 Å². The summed E-state index contributed by atoms with van der Waals surface area (Å²) in [6, 6.07) is 16.6. The van der Waals surface area contributed by atoms with E-state index in [9.17, 15) is 9.59 Å². The fourth-order valence-electron chi connectivity index (χ4n) is 2.42. The molecule has 0 bridgehead atoms. The van der Waals surface area contributed by atoms with Crippen molar-refractivity contribution in [2.24, 2.45) is 0 Å². The number of para-hydroxylation sites is 1. The molecule has 0 radical (unpaired) electrons. The first-order valence-corrected chi connectivity index (χ1v) is 6.99. The molecule has 1 heterocycles. The molecular weight excluding hydrogens is 278 g/mol. The molecule has 110 valence electrons. The molecule has 0 amide bonds. The van der Waals surface area contributed by atoms with Crippen molar-refractivity contribution >= 4 is 22.8 Å². The fraction of sp³-hybridized carbons (Fsp3) is 0.111. The highest BCUT2D eigenvalue weighted by Crippen LogP contribution is 2.21. The first-order valence-electron chi connectivity index (χ1n) is 6.99. The van der Waals surface area contributed by atoms with Gasteiger partial charge in [-0.3, -0.25) is 9.36 Å². The van der Waals surface area contributed by atoms with Gasteiger partial charge in [-0.25, -0.2) is 4.79 Å². The number of carbonyl (C=O) groups is 2. The van der Waals surface area contributed by atoms with Crippen molar-refractivity contribution < 1.29 is 14.3 Å². The van der Waals surface area contributed by atoms with Crippen molar-refractivity contribution in [3.63, 3.8) is 0 Å². The second-order valence-corrected chi connectivity index (χ2v) is 5.03. The van der Waals surface area contributed by atoms with Crippen LogP contribution in [0.25, 0.3) is 10.9 Å². The molecule has 0 N–H and O–H groups in total. The molecule has 0 aliphatic heterocycles.